The predicted octanol–water partition coefficient (Wildman–Crippen LogP) is 4.52. The summed E-state index contributed by atoms with van der Waals surface area (Å²) in [7, 11) is 0. The minimum atomic E-state index is -0.921. The summed E-state index contributed by atoms with van der Waals surface area (Å²) in [5.41, 5.74) is 3.62. The molecule has 1 amide bonds. The number of benzene rings is 2. The standard InChI is InChI=1S/C28H24N4O5/c1-17-7-6-15-30-18(2)23(29-27(17)30)25(33)22-24(20-10-12-21(13-11-20)32(36)37)31(28(35)26(22)34)16-14-19-8-4-3-5-9-19/h3-13,15,24,33H,14,16H2,1-2H3/b25-22+. The first-order chi connectivity index (χ1) is 17.8. The lowest BCUT2D eigenvalue weighted by molar-refractivity contribution is -0.384. The summed E-state index contributed by atoms with van der Waals surface area (Å²) in [6.45, 7) is 3.89. The van der Waals surface area contributed by atoms with Crippen LogP contribution in [-0.2, 0) is 16.0 Å². The fourth-order valence-electron chi connectivity index (χ4n) is 4.80. The summed E-state index contributed by atoms with van der Waals surface area (Å²) >= 11 is 0. The normalized spacial score (nSPS) is 17.0. The van der Waals surface area contributed by atoms with E-state index in [2.05, 4.69) is 4.98 Å². The number of non-ortho nitro benzene ring substituents is 1. The van der Waals surface area contributed by atoms with Gasteiger partial charge in [0, 0.05) is 24.9 Å². The topological polar surface area (TPSA) is 118 Å². The molecule has 0 saturated carbocycles. The third kappa shape index (κ3) is 4.14. The molecule has 1 aliphatic heterocycles. The van der Waals surface area contributed by atoms with E-state index in [4.69, 9.17) is 0 Å². The van der Waals surface area contributed by atoms with Crippen LogP contribution in [-0.4, -0.2) is 42.5 Å². The van der Waals surface area contributed by atoms with Gasteiger partial charge in [0.1, 0.15) is 11.3 Å². The largest absolute Gasteiger partial charge is 0.505 e. The van der Waals surface area contributed by atoms with Crippen LogP contribution in [0.2, 0.25) is 0 Å². The maximum Gasteiger partial charge on any atom is 0.295 e. The van der Waals surface area contributed by atoms with Gasteiger partial charge < -0.3 is 14.4 Å². The number of amides is 1. The van der Waals surface area contributed by atoms with Gasteiger partial charge in [-0.05, 0) is 55.2 Å². The maximum absolute atomic E-state index is 13.3. The van der Waals surface area contributed by atoms with Crippen molar-refractivity contribution in [3.63, 3.8) is 0 Å². The molecule has 4 aromatic rings. The number of aliphatic hydroxyl groups is 1. The van der Waals surface area contributed by atoms with Crippen molar-refractivity contribution in [2.75, 3.05) is 6.54 Å². The summed E-state index contributed by atoms with van der Waals surface area (Å²) in [5.74, 6) is -1.93. The number of imidazole rings is 1. The summed E-state index contributed by atoms with van der Waals surface area (Å²) in [6.07, 6.45) is 2.30. The molecule has 1 unspecified atom stereocenters. The fourth-order valence-corrected chi connectivity index (χ4v) is 4.80. The van der Waals surface area contributed by atoms with Gasteiger partial charge in [-0.15, -0.1) is 0 Å². The highest BCUT2D eigenvalue weighted by Gasteiger charge is 2.46. The average Bonchev–Trinajstić information content (AvgIpc) is 3.37. The van der Waals surface area contributed by atoms with Gasteiger partial charge in [0.25, 0.3) is 17.4 Å². The van der Waals surface area contributed by atoms with Crippen molar-refractivity contribution in [1.82, 2.24) is 14.3 Å². The molecule has 2 aromatic carbocycles. The molecule has 2 aromatic heterocycles. The Morgan fingerprint density at radius 1 is 1.03 bits per heavy atom. The average molecular weight is 497 g/mol. The van der Waals surface area contributed by atoms with Gasteiger partial charge in [0.05, 0.1) is 22.2 Å². The van der Waals surface area contributed by atoms with Crippen molar-refractivity contribution < 1.29 is 19.6 Å². The molecule has 0 radical (unpaired) electrons. The Morgan fingerprint density at radius 3 is 2.38 bits per heavy atom. The number of carbonyl (C=O) groups excluding carboxylic acids is 2. The Kier molecular flexibility index (Phi) is 6.04. The number of nitro groups is 1. The van der Waals surface area contributed by atoms with Crippen molar-refractivity contribution in [3.05, 3.63) is 117 Å². The van der Waals surface area contributed by atoms with Gasteiger partial charge in [-0.2, -0.15) is 0 Å². The highest BCUT2D eigenvalue weighted by molar-refractivity contribution is 6.46. The number of nitro benzene ring substituents is 1. The third-order valence-corrected chi connectivity index (χ3v) is 6.75. The van der Waals surface area contributed by atoms with Crippen LogP contribution in [0.25, 0.3) is 11.4 Å². The first-order valence-electron chi connectivity index (χ1n) is 11.8. The molecule has 0 aliphatic carbocycles. The van der Waals surface area contributed by atoms with Crippen LogP contribution in [0.5, 0.6) is 0 Å². The lowest BCUT2D eigenvalue weighted by atomic mass is 9.96. The maximum atomic E-state index is 13.3. The monoisotopic (exact) mass is 496 g/mol. The van der Waals surface area contributed by atoms with Gasteiger partial charge in [-0.3, -0.25) is 19.7 Å². The van der Waals surface area contributed by atoms with Gasteiger partial charge >= 0.3 is 0 Å². The van der Waals surface area contributed by atoms with E-state index in [1.165, 1.54) is 29.2 Å². The van der Waals surface area contributed by atoms with Crippen molar-refractivity contribution in [3.8, 4) is 0 Å². The molecular formula is C28H24N4O5. The molecule has 9 nitrogen and oxygen atoms in total. The first kappa shape index (κ1) is 23.9. The number of carbonyl (C=O) groups is 2. The van der Waals surface area contributed by atoms with E-state index in [0.29, 0.717) is 23.3 Å². The molecule has 0 spiro atoms. The zero-order chi connectivity index (χ0) is 26.3. The lowest BCUT2D eigenvalue weighted by Gasteiger charge is -2.25. The lowest BCUT2D eigenvalue weighted by Crippen LogP contribution is -2.31. The Balaban J connectivity index is 1.65. The Labute approximate surface area is 212 Å². The molecule has 186 valence electrons. The number of nitrogens with zero attached hydrogens (tertiary/aromatic N) is 4. The minimum absolute atomic E-state index is 0.0870. The van der Waals surface area contributed by atoms with Crippen LogP contribution in [0.1, 0.15) is 34.1 Å². The second kappa shape index (κ2) is 9.34. The third-order valence-electron chi connectivity index (χ3n) is 6.75. The zero-order valence-corrected chi connectivity index (χ0v) is 20.3. The van der Waals surface area contributed by atoms with Crippen LogP contribution in [0.4, 0.5) is 5.69 Å². The number of aliphatic hydroxyl groups excluding tert-OH is 1. The van der Waals surface area contributed by atoms with Gasteiger partial charge in [0.2, 0.25) is 0 Å². The smallest absolute Gasteiger partial charge is 0.295 e. The van der Waals surface area contributed by atoms with E-state index in [1.807, 2.05) is 60.0 Å². The van der Waals surface area contributed by atoms with Crippen molar-refractivity contribution in [1.29, 1.82) is 0 Å². The van der Waals surface area contributed by atoms with Crippen molar-refractivity contribution in [2.24, 2.45) is 0 Å². The second-order valence-corrected chi connectivity index (χ2v) is 9.01. The van der Waals surface area contributed by atoms with E-state index in [0.717, 1.165) is 11.1 Å². The summed E-state index contributed by atoms with van der Waals surface area (Å²) in [5, 5.41) is 22.7. The molecule has 1 saturated heterocycles. The van der Waals surface area contributed by atoms with E-state index in [1.54, 1.807) is 6.92 Å². The van der Waals surface area contributed by atoms with Crippen molar-refractivity contribution >= 4 is 28.8 Å². The number of likely N-dealkylation sites (tertiary alicyclic amines) is 1. The number of aryl methyl sites for hydroxylation is 2. The molecule has 3 heterocycles. The number of ketones is 1. The van der Waals surface area contributed by atoms with Crippen LogP contribution >= 0.6 is 0 Å². The Bertz CT molecular complexity index is 1570. The van der Waals surface area contributed by atoms with Crippen LogP contribution < -0.4 is 0 Å². The van der Waals surface area contributed by atoms with Crippen molar-refractivity contribution in [2.45, 2.75) is 26.3 Å². The summed E-state index contributed by atoms with van der Waals surface area (Å²) in [4.78, 5) is 43.3. The highest BCUT2D eigenvalue weighted by atomic mass is 16.6. The second-order valence-electron chi connectivity index (χ2n) is 9.01. The number of fused-ring (bicyclic) bond motifs is 1. The molecular weight excluding hydrogens is 472 g/mol. The number of Topliss-reactive ketones (excluding diaryl/α,β-unsaturated/α-hetero) is 1. The predicted molar refractivity (Wildman–Crippen MR) is 137 cm³/mol. The summed E-state index contributed by atoms with van der Waals surface area (Å²) in [6, 6.07) is 18.1. The van der Waals surface area contributed by atoms with Gasteiger partial charge in [0.15, 0.2) is 5.76 Å². The number of hydrogen-bond donors (Lipinski definition) is 1. The van der Waals surface area contributed by atoms with E-state index >= 15 is 0 Å². The van der Waals surface area contributed by atoms with Crippen LogP contribution in [0.3, 0.4) is 0 Å². The number of hydrogen-bond acceptors (Lipinski definition) is 6. The van der Waals surface area contributed by atoms with Crippen LogP contribution in [0.15, 0.2) is 78.5 Å². The first-order valence-corrected chi connectivity index (χ1v) is 11.8. The Morgan fingerprint density at radius 2 is 1.73 bits per heavy atom. The zero-order valence-electron chi connectivity index (χ0n) is 20.3. The SMILES string of the molecule is Cc1cccn2c(C)c(/C(O)=C3\C(=O)C(=O)N(CCc4ccccc4)C3c3ccc([N+](=O)[O-])cc3)nc12. The molecule has 1 fully saturated rings. The van der Waals surface area contributed by atoms with Crippen LogP contribution in [0, 0.1) is 24.0 Å². The fraction of sp³-hybridized carbons (Fsp3) is 0.179. The van der Waals surface area contributed by atoms with E-state index in [9.17, 15) is 24.8 Å². The molecule has 1 N–H and O–H groups in total. The molecule has 9 heteroatoms. The van der Waals surface area contributed by atoms with Gasteiger partial charge in [-0.1, -0.05) is 36.4 Å². The molecule has 1 aliphatic rings. The van der Waals surface area contributed by atoms with Gasteiger partial charge in [-0.25, -0.2) is 4.98 Å². The Hall–Kier alpha value is -4.79. The summed E-state index contributed by atoms with van der Waals surface area (Å²) < 4.78 is 1.82. The molecule has 1 atom stereocenters. The number of aromatic nitrogens is 2. The highest BCUT2D eigenvalue weighted by Crippen LogP contribution is 2.40. The van der Waals surface area contributed by atoms with E-state index < -0.39 is 22.7 Å². The quantitative estimate of drug-likeness (QED) is 0.138. The number of rotatable bonds is 6. The minimum Gasteiger partial charge on any atom is -0.505 e. The molecule has 37 heavy (non-hydrogen) atoms. The van der Waals surface area contributed by atoms with E-state index in [-0.39, 0.29) is 29.3 Å². The molecule has 5 rings (SSSR count). The molecule has 0 bridgehead atoms. The number of pyridine rings is 1.